The van der Waals surface area contributed by atoms with Crippen LogP contribution in [0.5, 0.6) is 11.5 Å². The van der Waals surface area contributed by atoms with Crippen molar-refractivity contribution >= 4 is 17.3 Å². The van der Waals surface area contributed by atoms with Gasteiger partial charge in [-0.25, -0.2) is 4.68 Å². The molecule has 8 heteroatoms. The number of carbonyl (C=O) groups is 1. The second-order valence-electron chi connectivity index (χ2n) is 7.95. The van der Waals surface area contributed by atoms with Gasteiger partial charge in [0.2, 0.25) is 0 Å². The minimum Gasteiger partial charge on any atom is -0.453 e. The molecule has 1 aromatic heterocycles. The molecule has 168 valence electrons. The molecule has 0 radical (unpaired) electrons. The van der Waals surface area contributed by atoms with Gasteiger partial charge < -0.3 is 20.3 Å². The van der Waals surface area contributed by atoms with Crippen molar-refractivity contribution in [2.75, 3.05) is 32.5 Å². The quantitative estimate of drug-likeness (QED) is 0.565. The molecule has 3 rings (SSSR count). The van der Waals surface area contributed by atoms with Gasteiger partial charge >= 0.3 is 0 Å². The largest absolute Gasteiger partial charge is 0.453 e. The maximum Gasteiger partial charge on any atom is 0.294 e. The fourth-order valence-electron chi connectivity index (χ4n) is 3.13. The van der Waals surface area contributed by atoms with Gasteiger partial charge in [0, 0.05) is 31.4 Å². The Hall–Kier alpha value is -3.65. The van der Waals surface area contributed by atoms with Crippen LogP contribution in [0.4, 0.5) is 11.4 Å². The average molecular weight is 436 g/mol. The van der Waals surface area contributed by atoms with Gasteiger partial charge in [-0.2, -0.15) is 5.10 Å². The van der Waals surface area contributed by atoms with E-state index in [4.69, 9.17) is 4.74 Å². The van der Waals surface area contributed by atoms with Crippen molar-refractivity contribution in [2.45, 2.75) is 13.8 Å². The summed E-state index contributed by atoms with van der Waals surface area (Å²) in [5.74, 6) is 0.772. The van der Waals surface area contributed by atoms with E-state index in [2.05, 4.69) is 15.7 Å². The number of nitrogens with one attached hydrogen (secondary N) is 2. The predicted octanol–water partition coefficient (Wildman–Crippen LogP) is 3.22. The zero-order chi connectivity index (χ0) is 23.3. The average Bonchev–Trinajstić information content (AvgIpc) is 2.75. The summed E-state index contributed by atoms with van der Waals surface area (Å²) in [7, 11) is 5.47. The summed E-state index contributed by atoms with van der Waals surface area (Å²) < 4.78 is 7.27. The maximum absolute atomic E-state index is 12.8. The summed E-state index contributed by atoms with van der Waals surface area (Å²) in [6, 6.07) is 12.8. The van der Waals surface area contributed by atoms with Gasteiger partial charge in [-0.3, -0.25) is 9.59 Å². The Bertz CT molecular complexity index is 1170. The van der Waals surface area contributed by atoms with Gasteiger partial charge in [0.1, 0.15) is 5.75 Å². The number of hydrogen-bond acceptors (Lipinski definition) is 6. The molecule has 8 nitrogen and oxygen atoms in total. The van der Waals surface area contributed by atoms with Crippen molar-refractivity contribution in [1.82, 2.24) is 20.0 Å². The molecule has 0 fully saturated rings. The number of nitrogens with zero attached hydrogens (tertiary/aromatic N) is 3. The van der Waals surface area contributed by atoms with Crippen molar-refractivity contribution in [3.05, 3.63) is 75.7 Å². The van der Waals surface area contributed by atoms with Crippen LogP contribution in [0.3, 0.4) is 0 Å². The lowest BCUT2D eigenvalue weighted by atomic mass is 10.1. The maximum atomic E-state index is 12.8. The number of hydrogen-bond donors (Lipinski definition) is 2. The Morgan fingerprint density at radius 2 is 1.91 bits per heavy atom. The molecule has 0 spiro atoms. The molecule has 0 atom stereocenters. The summed E-state index contributed by atoms with van der Waals surface area (Å²) in [5, 5.41) is 10.1. The monoisotopic (exact) mass is 435 g/mol. The van der Waals surface area contributed by atoms with Crippen molar-refractivity contribution in [1.29, 1.82) is 0 Å². The van der Waals surface area contributed by atoms with Crippen LogP contribution in [-0.4, -0.2) is 47.8 Å². The number of benzene rings is 2. The second kappa shape index (κ2) is 10.1. The number of ether oxygens (including phenoxy) is 1. The molecule has 3 aromatic rings. The number of aromatic nitrogens is 2. The fourth-order valence-corrected chi connectivity index (χ4v) is 3.13. The van der Waals surface area contributed by atoms with Gasteiger partial charge in [-0.15, -0.1) is 0 Å². The number of carbonyl (C=O) groups excluding carboxylic acids is 1. The molecule has 1 amide bonds. The SMILES string of the molecule is Cc1ccc(Oc2cnn(C)c(=O)c2Nc2cccc(C(=O)NCCN(C)C)c2)c(C)c1. The molecule has 1 heterocycles. The molecule has 0 aliphatic rings. The van der Waals surface area contributed by atoms with E-state index in [-0.39, 0.29) is 17.2 Å². The summed E-state index contributed by atoms with van der Waals surface area (Å²) in [6.45, 7) is 5.24. The first kappa shape index (κ1) is 23.0. The number of amides is 1. The molecule has 0 aliphatic carbocycles. The molecule has 32 heavy (non-hydrogen) atoms. The van der Waals surface area contributed by atoms with E-state index in [0.717, 1.165) is 17.7 Å². The third-order valence-corrected chi connectivity index (χ3v) is 4.89. The molecular formula is C24H29N5O3. The molecule has 2 N–H and O–H groups in total. The predicted molar refractivity (Wildman–Crippen MR) is 126 cm³/mol. The van der Waals surface area contributed by atoms with Crippen LogP contribution in [0.1, 0.15) is 21.5 Å². The van der Waals surface area contributed by atoms with Gasteiger partial charge in [0.05, 0.1) is 6.20 Å². The lowest BCUT2D eigenvalue weighted by Gasteiger charge is -2.15. The molecule has 0 unspecified atom stereocenters. The summed E-state index contributed by atoms with van der Waals surface area (Å²) in [5.41, 5.74) is 3.07. The van der Waals surface area contributed by atoms with Crippen LogP contribution >= 0.6 is 0 Å². The van der Waals surface area contributed by atoms with Gasteiger partial charge in [-0.05, 0) is 57.8 Å². The van der Waals surface area contributed by atoms with Crippen molar-refractivity contribution in [3.8, 4) is 11.5 Å². The van der Waals surface area contributed by atoms with Crippen LogP contribution in [0.2, 0.25) is 0 Å². The third kappa shape index (κ3) is 5.73. The Labute approximate surface area is 187 Å². The van der Waals surface area contributed by atoms with Crippen molar-refractivity contribution in [3.63, 3.8) is 0 Å². The van der Waals surface area contributed by atoms with Crippen LogP contribution in [0, 0.1) is 13.8 Å². The summed E-state index contributed by atoms with van der Waals surface area (Å²) >= 11 is 0. The van der Waals surface area contributed by atoms with Crippen molar-refractivity contribution in [2.24, 2.45) is 7.05 Å². The van der Waals surface area contributed by atoms with E-state index >= 15 is 0 Å². The van der Waals surface area contributed by atoms with Crippen LogP contribution in [-0.2, 0) is 7.05 Å². The Morgan fingerprint density at radius 3 is 2.62 bits per heavy atom. The normalized spacial score (nSPS) is 10.8. The van der Waals surface area contributed by atoms with Crippen LogP contribution < -0.4 is 20.9 Å². The van der Waals surface area contributed by atoms with Gasteiger partial charge in [0.25, 0.3) is 11.5 Å². The first-order valence-electron chi connectivity index (χ1n) is 10.4. The topological polar surface area (TPSA) is 88.5 Å². The Morgan fingerprint density at radius 1 is 1.12 bits per heavy atom. The van der Waals surface area contributed by atoms with E-state index < -0.39 is 0 Å². The van der Waals surface area contributed by atoms with E-state index in [1.165, 1.54) is 10.9 Å². The summed E-state index contributed by atoms with van der Waals surface area (Å²) in [6.07, 6.45) is 1.50. The zero-order valence-electron chi connectivity index (χ0n) is 19.1. The first-order valence-corrected chi connectivity index (χ1v) is 10.4. The van der Waals surface area contributed by atoms with E-state index in [0.29, 0.717) is 29.3 Å². The van der Waals surface area contributed by atoms with Crippen LogP contribution in [0.15, 0.2) is 53.5 Å². The van der Waals surface area contributed by atoms with Crippen LogP contribution in [0.25, 0.3) is 0 Å². The van der Waals surface area contributed by atoms with Gasteiger partial charge in [-0.1, -0.05) is 23.8 Å². The zero-order valence-corrected chi connectivity index (χ0v) is 19.1. The fraction of sp³-hybridized carbons (Fsp3) is 0.292. The highest BCUT2D eigenvalue weighted by atomic mass is 16.5. The van der Waals surface area contributed by atoms with Crippen molar-refractivity contribution < 1.29 is 9.53 Å². The molecule has 0 saturated heterocycles. The van der Waals surface area contributed by atoms with E-state index in [1.54, 1.807) is 31.3 Å². The Kier molecular flexibility index (Phi) is 7.27. The first-order chi connectivity index (χ1) is 15.2. The third-order valence-electron chi connectivity index (χ3n) is 4.89. The highest BCUT2D eigenvalue weighted by Gasteiger charge is 2.15. The van der Waals surface area contributed by atoms with E-state index in [1.807, 2.05) is 51.0 Å². The molecule has 0 aliphatic heterocycles. The minimum atomic E-state index is -0.340. The lowest BCUT2D eigenvalue weighted by molar-refractivity contribution is 0.0951. The molecular weight excluding hydrogens is 406 g/mol. The van der Waals surface area contributed by atoms with E-state index in [9.17, 15) is 9.59 Å². The molecule has 0 saturated carbocycles. The minimum absolute atomic E-state index is 0.176. The second-order valence-corrected chi connectivity index (χ2v) is 7.95. The number of rotatable bonds is 8. The molecule has 2 aromatic carbocycles. The summed E-state index contributed by atoms with van der Waals surface area (Å²) in [4.78, 5) is 27.3. The van der Waals surface area contributed by atoms with Gasteiger partial charge in [0.15, 0.2) is 11.4 Å². The smallest absolute Gasteiger partial charge is 0.294 e. The number of likely N-dealkylation sites (N-methyl/N-ethyl adjacent to an activating group) is 1. The standard InChI is InChI=1S/C24H29N5O3/c1-16-9-10-20(17(2)13-16)32-21-15-26-29(5)24(31)22(21)27-19-8-6-7-18(14-19)23(30)25-11-12-28(3)4/h6-10,13-15,27H,11-12H2,1-5H3,(H,25,30). The molecule has 0 bridgehead atoms. The Balaban J connectivity index is 1.86. The highest BCUT2D eigenvalue weighted by molar-refractivity contribution is 5.95. The lowest BCUT2D eigenvalue weighted by Crippen LogP contribution is -2.31. The number of anilines is 2. The highest BCUT2D eigenvalue weighted by Crippen LogP contribution is 2.30. The number of aryl methyl sites for hydroxylation is 3.